The summed E-state index contributed by atoms with van der Waals surface area (Å²) < 4.78 is 41.4. The molecule has 1 saturated heterocycles. The number of pyridine rings is 1. The predicted octanol–water partition coefficient (Wildman–Crippen LogP) is 2.96. The Labute approximate surface area is 158 Å². The summed E-state index contributed by atoms with van der Waals surface area (Å²) in [7, 11) is 0. The fourth-order valence-corrected chi connectivity index (χ4v) is 3.19. The minimum atomic E-state index is -4.52. The van der Waals surface area contributed by atoms with Gasteiger partial charge in [-0.15, -0.1) is 0 Å². The molecule has 0 radical (unpaired) electrons. The molecule has 3 rings (SSSR count). The van der Waals surface area contributed by atoms with Crippen molar-refractivity contribution in [2.75, 3.05) is 19.7 Å². The first-order valence-corrected chi connectivity index (χ1v) is 8.48. The van der Waals surface area contributed by atoms with E-state index in [-0.39, 0.29) is 30.6 Å². The summed E-state index contributed by atoms with van der Waals surface area (Å²) in [6.07, 6.45) is -4.52. The van der Waals surface area contributed by atoms with Crippen molar-refractivity contribution < 1.29 is 32.6 Å². The van der Waals surface area contributed by atoms with Gasteiger partial charge in [0.05, 0.1) is 5.92 Å². The quantitative estimate of drug-likeness (QED) is 0.844. The number of rotatable bonds is 5. The molecule has 1 amide bonds. The van der Waals surface area contributed by atoms with Gasteiger partial charge in [0.15, 0.2) is 6.61 Å². The van der Waals surface area contributed by atoms with Gasteiger partial charge in [-0.1, -0.05) is 36.4 Å². The highest BCUT2D eigenvalue weighted by molar-refractivity contribution is 5.93. The van der Waals surface area contributed by atoms with Gasteiger partial charge in [0.25, 0.3) is 5.91 Å². The third kappa shape index (κ3) is 4.59. The number of carbonyl (C=O) groups is 2. The van der Waals surface area contributed by atoms with Gasteiger partial charge in [-0.2, -0.15) is 13.2 Å². The highest BCUT2D eigenvalue weighted by atomic mass is 19.4. The van der Waals surface area contributed by atoms with Crippen LogP contribution < -0.4 is 4.74 Å². The minimum Gasteiger partial charge on any atom is -0.481 e. The number of hydrogen-bond donors (Lipinski definition) is 1. The number of alkyl halides is 3. The van der Waals surface area contributed by atoms with Gasteiger partial charge in [-0.05, 0) is 11.6 Å². The average molecular weight is 394 g/mol. The van der Waals surface area contributed by atoms with Gasteiger partial charge in [-0.3, -0.25) is 9.59 Å². The Hall–Kier alpha value is -3.10. The molecule has 1 aliphatic heterocycles. The Balaban J connectivity index is 1.76. The molecule has 2 aromatic rings. The zero-order valence-corrected chi connectivity index (χ0v) is 14.6. The molecule has 1 N–H and O–H groups in total. The second-order valence-corrected chi connectivity index (χ2v) is 6.44. The molecule has 28 heavy (non-hydrogen) atoms. The lowest BCUT2D eigenvalue weighted by Crippen LogP contribution is -2.30. The second-order valence-electron chi connectivity index (χ2n) is 6.44. The highest BCUT2D eigenvalue weighted by Crippen LogP contribution is 2.33. The summed E-state index contributed by atoms with van der Waals surface area (Å²) in [5.41, 5.74) is 0.706. The number of carbonyl (C=O) groups excluding carboxylic acids is 1. The van der Waals surface area contributed by atoms with E-state index in [0.717, 1.165) is 5.56 Å². The molecule has 1 fully saturated rings. The third-order valence-corrected chi connectivity index (χ3v) is 4.48. The van der Waals surface area contributed by atoms with Crippen molar-refractivity contribution in [3.63, 3.8) is 0 Å². The number of amides is 1. The molecular formula is C19H17F3N2O4. The molecule has 0 unspecified atom stereocenters. The van der Waals surface area contributed by atoms with Crippen LogP contribution in [0, 0.1) is 5.92 Å². The number of carboxylic acids is 1. The van der Waals surface area contributed by atoms with E-state index < -0.39 is 30.6 Å². The smallest absolute Gasteiger partial charge is 0.422 e. The average Bonchev–Trinajstić information content (AvgIpc) is 3.12. The van der Waals surface area contributed by atoms with Gasteiger partial charge in [0.2, 0.25) is 5.88 Å². The van der Waals surface area contributed by atoms with Crippen LogP contribution in [0.4, 0.5) is 13.2 Å². The SMILES string of the molecule is O=C(O)[C@@H]1CN(C(=O)c2cccc(OCC(F)(F)F)n2)C[C@@H]1c1ccccc1. The topological polar surface area (TPSA) is 79.7 Å². The van der Waals surface area contributed by atoms with Crippen LogP contribution in [0.2, 0.25) is 0 Å². The summed E-state index contributed by atoms with van der Waals surface area (Å²) >= 11 is 0. The molecule has 2 atom stereocenters. The van der Waals surface area contributed by atoms with E-state index in [1.807, 2.05) is 6.07 Å². The fourth-order valence-electron chi connectivity index (χ4n) is 3.19. The molecule has 0 saturated carbocycles. The van der Waals surface area contributed by atoms with E-state index in [1.54, 1.807) is 24.3 Å². The van der Waals surface area contributed by atoms with Crippen LogP contribution in [0.15, 0.2) is 48.5 Å². The number of benzene rings is 1. The van der Waals surface area contributed by atoms with E-state index in [2.05, 4.69) is 9.72 Å². The van der Waals surface area contributed by atoms with E-state index >= 15 is 0 Å². The molecule has 0 bridgehead atoms. The summed E-state index contributed by atoms with van der Waals surface area (Å²) in [5.74, 6) is -3.05. The first-order chi connectivity index (χ1) is 13.2. The monoisotopic (exact) mass is 394 g/mol. The fraction of sp³-hybridized carbons (Fsp3) is 0.316. The Morgan fingerprint density at radius 3 is 2.46 bits per heavy atom. The predicted molar refractivity (Wildman–Crippen MR) is 92.0 cm³/mol. The van der Waals surface area contributed by atoms with Crippen LogP contribution in [-0.4, -0.2) is 52.7 Å². The van der Waals surface area contributed by atoms with Gasteiger partial charge in [-0.25, -0.2) is 4.98 Å². The molecule has 6 nitrogen and oxygen atoms in total. The number of halogens is 3. The first-order valence-electron chi connectivity index (χ1n) is 8.48. The normalized spacial score (nSPS) is 19.5. The Bertz CT molecular complexity index is 858. The number of likely N-dealkylation sites (tertiary alicyclic amines) is 1. The molecule has 0 spiro atoms. The number of nitrogens with zero attached hydrogens (tertiary/aromatic N) is 2. The van der Waals surface area contributed by atoms with Gasteiger partial charge in [0.1, 0.15) is 5.69 Å². The van der Waals surface area contributed by atoms with E-state index in [0.29, 0.717) is 0 Å². The van der Waals surface area contributed by atoms with Crippen LogP contribution in [-0.2, 0) is 4.79 Å². The van der Waals surface area contributed by atoms with Crippen LogP contribution in [0.1, 0.15) is 22.0 Å². The molecular weight excluding hydrogens is 377 g/mol. The third-order valence-electron chi connectivity index (χ3n) is 4.48. The van der Waals surface area contributed by atoms with E-state index in [4.69, 9.17) is 0 Å². The zero-order valence-electron chi connectivity index (χ0n) is 14.6. The molecule has 9 heteroatoms. The molecule has 0 aliphatic carbocycles. The van der Waals surface area contributed by atoms with Crippen molar-refractivity contribution in [1.29, 1.82) is 0 Å². The van der Waals surface area contributed by atoms with Gasteiger partial charge < -0.3 is 14.7 Å². The molecule has 148 valence electrons. The lowest BCUT2D eigenvalue weighted by Gasteiger charge is -2.16. The van der Waals surface area contributed by atoms with Crippen molar-refractivity contribution in [1.82, 2.24) is 9.88 Å². The van der Waals surface area contributed by atoms with Gasteiger partial charge >= 0.3 is 12.1 Å². The Morgan fingerprint density at radius 2 is 1.82 bits per heavy atom. The summed E-state index contributed by atoms with van der Waals surface area (Å²) in [6.45, 7) is -1.35. The minimum absolute atomic E-state index is 0.0109. The first kappa shape index (κ1) is 19.7. The number of aliphatic carboxylic acids is 1. The lowest BCUT2D eigenvalue weighted by atomic mass is 9.89. The largest absolute Gasteiger partial charge is 0.481 e. The van der Waals surface area contributed by atoms with Crippen molar-refractivity contribution in [3.8, 4) is 5.88 Å². The molecule has 1 aliphatic rings. The zero-order chi connectivity index (χ0) is 20.3. The lowest BCUT2D eigenvalue weighted by molar-refractivity contribution is -0.154. The molecule has 2 heterocycles. The Kier molecular flexibility index (Phi) is 5.53. The highest BCUT2D eigenvalue weighted by Gasteiger charge is 2.41. The number of carboxylic acid groups (broad SMARTS) is 1. The van der Waals surface area contributed by atoms with Crippen molar-refractivity contribution in [2.45, 2.75) is 12.1 Å². The number of ether oxygens (including phenoxy) is 1. The maximum absolute atomic E-state index is 12.7. The van der Waals surface area contributed by atoms with Crippen LogP contribution in [0.3, 0.4) is 0 Å². The number of hydrogen-bond acceptors (Lipinski definition) is 4. The standard InChI is InChI=1S/C19H17F3N2O4/c20-19(21,22)11-28-16-8-4-7-15(23-16)17(25)24-9-13(14(10-24)18(26)27)12-5-2-1-3-6-12/h1-8,13-14H,9-11H2,(H,26,27)/t13-,14-/m1/s1. The maximum Gasteiger partial charge on any atom is 0.422 e. The summed E-state index contributed by atoms with van der Waals surface area (Å²) in [5, 5.41) is 9.53. The number of aromatic nitrogens is 1. The molecule has 1 aromatic heterocycles. The van der Waals surface area contributed by atoms with Crippen LogP contribution >= 0.6 is 0 Å². The second kappa shape index (κ2) is 7.87. The maximum atomic E-state index is 12.7. The van der Waals surface area contributed by atoms with Crippen LogP contribution in [0.5, 0.6) is 5.88 Å². The molecule has 1 aromatic carbocycles. The van der Waals surface area contributed by atoms with Gasteiger partial charge in [0, 0.05) is 25.1 Å². The Morgan fingerprint density at radius 1 is 1.11 bits per heavy atom. The van der Waals surface area contributed by atoms with Crippen molar-refractivity contribution in [3.05, 3.63) is 59.8 Å². The van der Waals surface area contributed by atoms with Crippen LogP contribution in [0.25, 0.3) is 0 Å². The summed E-state index contributed by atoms with van der Waals surface area (Å²) in [4.78, 5) is 29.6. The van der Waals surface area contributed by atoms with Crippen molar-refractivity contribution >= 4 is 11.9 Å². The van der Waals surface area contributed by atoms with E-state index in [1.165, 1.54) is 23.1 Å². The van der Waals surface area contributed by atoms with E-state index in [9.17, 15) is 27.9 Å². The summed E-state index contributed by atoms with van der Waals surface area (Å²) in [6, 6.07) is 13.0. The van der Waals surface area contributed by atoms with Crippen molar-refractivity contribution in [2.24, 2.45) is 5.92 Å².